The van der Waals surface area contributed by atoms with Crippen molar-refractivity contribution >= 4 is 22.0 Å². The van der Waals surface area contributed by atoms with Crippen LogP contribution in [-0.4, -0.2) is 96.9 Å². The van der Waals surface area contributed by atoms with Gasteiger partial charge in [-0.1, -0.05) is 0 Å². The van der Waals surface area contributed by atoms with Crippen LogP contribution in [-0.2, 0) is 19.6 Å². The number of nitrogens with one attached hydrogen (secondary N) is 2. The summed E-state index contributed by atoms with van der Waals surface area (Å²) in [6.07, 6.45) is 3.74. The van der Waals surface area contributed by atoms with E-state index < -0.39 is 21.2 Å². The lowest BCUT2D eigenvalue weighted by Gasteiger charge is -2.52. The third-order valence-corrected chi connectivity index (χ3v) is 10.4. The van der Waals surface area contributed by atoms with Crippen LogP contribution in [0.3, 0.4) is 0 Å². The van der Waals surface area contributed by atoms with Crippen LogP contribution in [0.5, 0.6) is 0 Å². The van der Waals surface area contributed by atoms with Crippen LogP contribution in [0, 0.1) is 11.8 Å². The normalized spacial score (nSPS) is 37.5. The van der Waals surface area contributed by atoms with Gasteiger partial charge >= 0.3 is 6.03 Å². The van der Waals surface area contributed by atoms with E-state index >= 15 is 0 Å². The molecule has 0 spiro atoms. The average Bonchev–Trinajstić information content (AvgIpc) is 3.30. The van der Waals surface area contributed by atoms with E-state index in [9.17, 15) is 18.0 Å². The highest BCUT2D eigenvalue weighted by Crippen LogP contribution is 2.41. The van der Waals surface area contributed by atoms with Crippen LogP contribution >= 0.6 is 0 Å². The number of carbonyl (C=O) groups is 2. The van der Waals surface area contributed by atoms with Gasteiger partial charge in [-0.2, -0.15) is 0 Å². The van der Waals surface area contributed by atoms with E-state index in [4.69, 9.17) is 4.74 Å². The molecule has 2 saturated carbocycles. The number of urea groups is 1. The lowest BCUT2D eigenvalue weighted by molar-refractivity contribution is -0.193. The lowest BCUT2D eigenvalue weighted by atomic mass is 9.80. The summed E-state index contributed by atoms with van der Waals surface area (Å²) in [5.41, 5.74) is 2.71. The molecule has 0 aromatic heterocycles. The largest absolute Gasteiger partial charge is 0.370 e. The minimum atomic E-state index is -3.53. The van der Waals surface area contributed by atoms with Crippen LogP contribution in [0.15, 0.2) is 0 Å². The summed E-state index contributed by atoms with van der Waals surface area (Å²) in [6, 6.07) is -0.519. The molecule has 11 heteroatoms. The van der Waals surface area contributed by atoms with Crippen molar-refractivity contribution in [2.75, 3.05) is 33.2 Å². The Morgan fingerprint density at radius 2 is 1.85 bits per heavy atom. The van der Waals surface area contributed by atoms with E-state index in [1.807, 2.05) is 37.7 Å². The van der Waals surface area contributed by atoms with Crippen molar-refractivity contribution in [2.45, 2.75) is 87.8 Å². The van der Waals surface area contributed by atoms with Crippen LogP contribution in [0.4, 0.5) is 4.79 Å². The summed E-state index contributed by atoms with van der Waals surface area (Å²) in [7, 11) is -1.58. The number of carbonyl (C=O) groups excluding carboxylic acids is 2. The molecule has 2 N–H and O–H groups in total. The highest BCUT2D eigenvalue weighted by molar-refractivity contribution is 7.90. The summed E-state index contributed by atoms with van der Waals surface area (Å²) in [5.74, 6) is -0.566. The number of sulfonamides is 1. The number of nitrogens with zero attached hydrogens (tertiary/aromatic N) is 3. The second-order valence-electron chi connectivity index (χ2n) is 12.0. The van der Waals surface area contributed by atoms with Crippen molar-refractivity contribution < 1.29 is 22.7 Å². The van der Waals surface area contributed by atoms with Gasteiger partial charge in [0.05, 0.1) is 22.9 Å². The fourth-order valence-corrected chi connectivity index (χ4v) is 8.18. The zero-order valence-electron chi connectivity index (χ0n) is 20.7. The maximum absolute atomic E-state index is 13.6. The van der Waals surface area contributed by atoms with Crippen LogP contribution in [0.25, 0.3) is 0 Å². The number of ether oxygens (including phenoxy) is 1. The molecule has 5 aliphatic rings. The highest BCUT2D eigenvalue weighted by Gasteiger charge is 2.53. The molecule has 0 radical (unpaired) electrons. The van der Waals surface area contributed by atoms with Gasteiger partial charge in [0.25, 0.3) is 0 Å². The van der Waals surface area contributed by atoms with Crippen molar-refractivity contribution in [2.24, 2.45) is 11.8 Å². The highest BCUT2D eigenvalue weighted by atomic mass is 32.2. The van der Waals surface area contributed by atoms with E-state index in [0.29, 0.717) is 32.5 Å². The molecule has 10 nitrogen and oxygen atoms in total. The number of hydrogen-bond donors (Lipinski definition) is 2. The molecule has 34 heavy (non-hydrogen) atoms. The van der Waals surface area contributed by atoms with E-state index in [1.54, 1.807) is 0 Å². The summed E-state index contributed by atoms with van der Waals surface area (Å²) in [6.45, 7) is 8.26. The number of rotatable bonds is 7. The smallest absolute Gasteiger partial charge is 0.327 e. The van der Waals surface area contributed by atoms with Gasteiger partial charge in [-0.15, -0.1) is 0 Å². The van der Waals surface area contributed by atoms with Gasteiger partial charge in [-0.3, -0.25) is 15.1 Å². The Kier molecular flexibility index (Phi) is 6.03. The molecule has 0 bridgehead atoms. The third kappa shape index (κ3) is 4.74. The maximum Gasteiger partial charge on any atom is 0.327 e. The number of hydrazine groups is 1. The fraction of sp³-hybridized carbons (Fsp3) is 0.913. The maximum atomic E-state index is 13.6. The van der Waals surface area contributed by atoms with Crippen molar-refractivity contribution in [1.29, 1.82) is 0 Å². The SMILES string of the molecule is CN1CC(CN2C(=O)C3CC(S(=O)(=O)NC4(C)CC4)CCC3N(CC3CC(C)(C)O3)C2=O)CN1. The Morgan fingerprint density at radius 1 is 1.15 bits per heavy atom. The van der Waals surface area contributed by atoms with Crippen molar-refractivity contribution in [3.8, 4) is 0 Å². The second-order valence-corrected chi connectivity index (χ2v) is 14.0. The van der Waals surface area contributed by atoms with Gasteiger partial charge in [0, 0.05) is 57.1 Å². The minimum absolute atomic E-state index is 0.0492. The molecule has 2 aliphatic carbocycles. The van der Waals surface area contributed by atoms with Gasteiger partial charge in [0.2, 0.25) is 15.9 Å². The van der Waals surface area contributed by atoms with Crippen molar-refractivity contribution in [1.82, 2.24) is 25.0 Å². The van der Waals surface area contributed by atoms with Gasteiger partial charge in [0.15, 0.2) is 0 Å². The Labute approximate surface area is 202 Å². The number of fused-ring (bicyclic) bond motifs is 1. The second kappa shape index (κ2) is 8.40. The third-order valence-electron chi connectivity index (χ3n) is 8.28. The summed E-state index contributed by atoms with van der Waals surface area (Å²) < 4.78 is 35.1. The van der Waals surface area contributed by atoms with Crippen LogP contribution < -0.4 is 10.1 Å². The van der Waals surface area contributed by atoms with Crippen molar-refractivity contribution in [3.05, 3.63) is 0 Å². The first-order valence-corrected chi connectivity index (χ1v) is 14.2. The Hall–Kier alpha value is -1.27. The monoisotopic (exact) mass is 497 g/mol. The van der Waals surface area contributed by atoms with Gasteiger partial charge < -0.3 is 9.64 Å². The van der Waals surface area contributed by atoms with E-state index in [0.717, 1.165) is 25.8 Å². The predicted molar refractivity (Wildman–Crippen MR) is 126 cm³/mol. The molecule has 0 aromatic rings. The summed E-state index contributed by atoms with van der Waals surface area (Å²) in [5, 5.41) is 1.37. The van der Waals surface area contributed by atoms with E-state index in [-0.39, 0.29) is 47.6 Å². The molecule has 5 rings (SSSR count). The zero-order chi connectivity index (χ0) is 24.5. The van der Waals surface area contributed by atoms with Gasteiger partial charge in [-0.25, -0.2) is 22.9 Å². The fourth-order valence-electron chi connectivity index (χ4n) is 6.22. The first-order valence-electron chi connectivity index (χ1n) is 12.6. The molecule has 3 saturated heterocycles. The number of imide groups is 1. The molecule has 3 heterocycles. The summed E-state index contributed by atoms with van der Waals surface area (Å²) in [4.78, 5) is 30.4. The molecule has 3 aliphatic heterocycles. The lowest BCUT2D eigenvalue weighted by Crippen LogP contribution is -2.67. The number of amides is 3. The molecule has 5 atom stereocenters. The molecule has 0 aromatic carbocycles. The quantitative estimate of drug-likeness (QED) is 0.537. The Morgan fingerprint density at radius 3 is 2.44 bits per heavy atom. The molecule has 5 fully saturated rings. The van der Waals surface area contributed by atoms with Gasteiger partial charge in [-0.05, 0) is 52.9 Å². The van der Waals surface area contributed by atoms with Crippen molar-refractivity contribution in [3.63, 3.8) is 0 Å². The topological polar surface area (TPSA) is 111 Å². The predicted octanol–water partition coefficient (Wildman–Crippen LogP) is 0.894. The Balaban J connectivity index is 1.35. The zero-order valence-corrected chi connectivity index (χ0v) is 21.6. The molecular formula is C23H39N5O5S. The molecule has 192 valence electrons. The summed E-state index contributed by atoms with van der Waals surface area (Å²) >= 11 is 0. The standard InChI is InChI=1S/C23H39N5O5S/c1-22(2)10-16(33-22)14-27-19-6-5-17(34(31,32)25-23(3)7-8-23)9-18(19)20(29)28(21(27)30)13-15-11-24-26(4)12-15/h15-19,24-25H,5-14H2,1-4H3. The van der Waals surface area contributed by atoms with Gasteiger partial charge in [0.1, 0.15) is 0 Å². The molecule has 3 amide bonds. The van der Waals surface area contributed by atoms with E-state index in [1.165, 1.54) is 4.90 Å². The first-order chi connectivity index (χ1) is 15.9. The Bertz CT molecular complexity index is 943. The first kappa shape index (κ1) is 24.4. The molecular weight excluding hydrogens is 458 g/mol. The average molecular weight is 498 g/mol. The van der Waals surface area contributed by atoms with Crippen LogP contribution in [0.1, 0.15) is 59.3 Å². The molecule has 5 unspecified atom stereocenters. The van der Waals surface area contributed by atoms with Crippen LogP contribution in [0.2, 0.25) is 0 Å². The van der Waals surface area contributed by atoms with E-state index in [2.05, 4.69) is 10.1 Å². The minimum Gasteiger partial charge on any atom is -0.370 e. The number of hydrogen-bond acceptors (Lipinski definition) is 7.